The van der Waals surface area contributed by atoms with Crippen molar-refractivity contribution in [3.8, 4) is 0 Å². The Kier molecular flexibility index (Phi) is 4.35. The van der Waals surface area contributed by atoms with Crippen LogP contribution >= 0.6 is 0 Å². The lowest BCUT2D eigenvalue weighted by Gasteiger charge is -2.31. The summed E-state index contributed by atoms with van der Waals surface area (Å²) in [7, 11) is 0. The normalized spacial score (nSPS) is 22.3. The van der Waals surface area contributed by atoms with Gasteiger partial charge in [-0.05, 0) is 18.4 Å². The summed E-state index contributed by atoms with van der Waals surface area (Å²) in [5.41, 5.74) is 6.34. The van der Waals surface area contributed by atoms with Crippen LogP contribution in [0.2, 0.25) is 0 Å². The Bertz CT molecular complexity index is 159. The molecule has 84 valence electrons. The first kappa shape index (κ1) is 12.0. The molecule has 2 N–H and O–H groups in total. The summed E-state index contributed by atoms with van der Waals surface area (Å²) >= 11 is 0. The molecule has 0 bridgehead atoms. The zero-order valence-corrected chi connectivity index (χ0v) is 9.75. The van der Waals surface area contributed by atoms with E-state index in [1.165, 1.54) is 0 Å². The number of morpholine rings is 1. The Hall–Kier alpha value is -0.120. The second kappa shape index (κ2) is 5.10. The lowest BCUT2D eigenvalue weighted by atomic mass is 9.85. The van der Waals surface area contributed by atoms with Crippen molar-refractivity contribution in [3.63, 3.8) is 0 Å². The summed E-state index contributed by atoms with van der Waals surface area (Å²) < 4.78 is 5.30. The molecule has 0 saturated carbocycles. The quantitative estimate of drug-likeness (QED) is 0.741. The van der Waals surface area contributed by atoms with Gasteiger partial charge in [0, 0.05) is 19.1 Å². The van der Waals surface area contributed by atoms with Crippen molar-refractivity contribution in [2.45, 2.75) is 33.2 Å². The molecule has 1 unspecified atom stereocenters. The molecule has 1 fully saturated rings. The Morgan fingerprint density at radius 2 is 1.86 bits per heavy atom. The molecule has 1 rings (SSSR count). The molecule has 0 aromatic carbocycles. The van der Waals surface area contributed by atoms with Crippen molar-refractivity contribution in [3.05, 3.63) is 0 Å². The maximum atomic E-state index is 6.11. The number of nitrogens with two attached hydrogens (primary N) is 1. The predicted molar refractivity (Wildman–Crippen MR) is 59.3 cm³/mol. The third-order valence-electron chi connectivity index (χ3n) is 2.97. The van der Waals surface area contributed by atoms with Gasteiger partial charge in [0.05, 0.1) is 13.2 Å². The highest BCUT2D eigenvalue weighted by Crippen LogP contribution is 2.19. The Labute approximate surface area is 87.6 Å². The highest BCUT2D eigenvalue weighted by atomic mass is 16.5. The molecule has 1 aliphatic rings. The van der Waals surface area contributed by atoms with E-state index in [9.17, 15) is 0 Å². The fourth-order valence-electron chi connectivity index (χ4n) is 1.58. The molecule has 14 heavy (non-hydrogen) atoms. The first-order chi connectivity index (χ1) is 6.50. The highest BCUT2D eigenvalue weighted by Gasteiger charge is 2.21. The fourth-order valence-corrected chi connectivity index (χ4v) is 1.58. The summed E-state index contributed by atoms with van der Waals surface area (Å²) in [6, 6.07) is 0.297. The van der Waals surface area contributed by atoms with Crippen LogP contribution in [0.3, 0.4) is 0 Å². The summed E-state index contributed by atoms with van der Waals surface area (Å²) in [5.74, 6) is 0. The van der Waals surface area contributed by atoms with Gasteiger partial charge in [-0.1, -0.05) is 20.8 Å². The van der Waals surface area contributed by atoms with Gasteiger partial charge in [-0.25, -0.2) is 0 Å². The molecule has 0 radical (unpaired) electrons. The van der Waals surface area contributed by atoms with Crippen molar-refractivity contribution >= 4 is 0 Å². The van der Waals surface area contributed by atoms with Gasteiger partial charge < -0.3 is 10.5 Å². The average Bonchev–Trinajstić information content (AvgIpc) is 2.14. The SMILES string of the molecule is CC(C)(C)C(N)CCN1CCOCC1. The first-order valence-electron chi connectivity index (χ1n) is 5.56. The van der Waals surface area contributed by atoms with E-state index in [0.717, 1.165) is 39.3 Å². The Balaban J connectivity index is 2.19. The average molecular weight is 200 g/mol. The number of rotatable bonds is 3. The second-order valence-corrected chi connectivity index (χ2v) is 5.22. The van der Waals surface area contributed by atoms with E-state index in [4.69, 9.17) is 10.5 Å². The molecule has 1 saturated heterocycles. The van der Waals surface area contributed by atoms with Gasteiger partial charge in [-0.2, -0.15) is 0 Å². The van der Waals surface area contributed by atoms with Crippen molar-refractivity contribution < 1.29 is 4.74 Å². The summed E-state index contributed by atoms with van der Waals surface area (Å²) in [5, 5.41) is 0. The zero-order chi connectivity index (χ0) is 10.6. The predicted octanol–water partition coefficient (Wildman–Crippen LogP) is 1.08. The molecule has 1 heterocycles. The van der Waals surface area contributed by atoms with Crippen molar-refractivity contribution in [1.29, 1.82) is 0 Å². The lowest BCUT2D eigenvalue weighted by molar-refractivity contribution is 0.0351. The van der Waals surface area contributed by atoms with Gasteiger partial charge in [-0.15, -0.1) is 0 Å². The monoisotopic (exact) mass is 200 g/mol. The first-order valence-corrected chi connectivity index (χ1v) is 5.56. The molecule has 3 heteroatoms. The van der Waals surface area contributed by atoms with Gasteiger partial charge in [-0.3, -0.25) is 4.90 Å². The van der Waals surface area contributed by atoms with Crippen LogP contribution in [0, 0.1) is 5.41 Å². The van der Waals surface area contributed by atoms with Crippen molar-refractivity contribution in [2.75, 3.05) is 32.8 Å². The molecule has 0 aromatic rings. The largest absolute Gasteiger partial charge is 0.379 e. The molecule has 0 spiro atoms. The van der Waals surface area contributed by atoms with Crippen LogP contribution in [0.4, 0.5) is 0 Å². The molecule has 3 nitrogen and oxygen atoms in total. The molecular weight excluding hydrogens is 176 g/mol. The van der Waals surface area contributed by atoms with E-state index < -0.39 is 0 Å². The van der Waals surface area contributed by atoms with Crippen molar-refractivity contribution in [2.24, 2.45) is 11.1 Å². The van der Waals surface area contributed by atoms with Crippen molar-refractivity contribution in [1.82, 2.24) is 4.90 Å². The molecule has 0 aromatic heterocycles. The lowest BCUT2D eigenvalue weighted by Crippen LogP contribution is -2.42. The van der Waals surface area contributed by atoms with E-state index >= 15 is 0 Å². The van der Waals surface area contributed by atoms with E-state index in [1.54, 1.807) is 0 Å². The maximum absolute atomic E-state index is 6.11. The summed E-state index contributed by atoms with van der Waals surface area (Å²) in [4.78, 5) is 2.44. The van der Waals surface area contributed by atoms with E-state index in [0.29, 0.717) is 6.04 Å². The summed E-state index contributed by atoms with van der Waals surface area (Å²) in [6.07, 6.45) is 1.09. The van der Waals surface area contributed by atoms with Gasteiger partial charge in [0.2, 0.25) is 0 Å². The number of nitrogens with zero attached hydrogens (tertiary/aromatic N) is 1. The van der Waals surface area contributed by atoms with Crippen LogP contribution in [-0.2, 0) is 4.74 Å². The molecule has 1 atom stereocenters. The Morgan fingerprint density at radius 1 is 1.29 bits per heavy atom. The highest BCUT2D eigenvalue weighted by molar-refractivity contribution is 4.78. The molecule has 1 aliphatic heterocycles. The fraction of sp³-hybridized carbons (Fsp3) is 1.00. The molecular formula is C11H24N2O. The third kappa shape index (κ3) is 3.95. The van der Waals surface area contributed by atoms with Gasteiger partial charge >= 0.3 is 0 Å². The van der Waals surface area contributed by atoms with Crippen LogP contribution in [0.5, 0.6) is 0 Å². The van der Waals surface area contributed by atoms with Crippen LogP contribution in [0.15, 0.2) is 0 Å². The van der Waals surface area contributed by atoms with E-state index in [2.05, 4.69) is 25.7 Å². The minimum atomic E-state index is 0.228. The zero-order valence-electron chi connectivity index (χ0n) is 9.75. The van der Waals surface area contributed by atoms with E-state index in [-0.39, 0.29) is 5.41 Å². The van der Waals surface area contributed by atoms with Crippen LogP contribution in [-0.4, -0.2) is 43.8 Å². The summed E-state index contributed by atoms with van der Waals surface area (Å²) in [6.45, 7) is 11.6. The Morgan fingerprint density at radius 3 is 2.36 bits per heavy atom. The van der Waals surface area contributed by atoms with Gasteiger partial charge in [0.1, 0.15) is 0 Å². The van der Waals surface area contributed by atoms with Gasteiger partial charge in [0.25, 0.3) is 0 Å². The maximum Gasteiger partial charge on any atom is 0.0594 e. The number of hydrogen-bond donors (Lipinski definition) is 1. The van der Waals surface area contributed by atoms with Crippen LogP contribution < -0.4 is 5.73 Å². The smallest absolute Gasteiger partial charge is 0.0594 e. The third-order valence-corrected chi connectivity index (χ3v) is 2.97. The minimum Gasteiger partial charge on any atom is -0.379 e. The number of ether oxygens (including phenoxy) is 1. The molecule has 0 amide bonds. The van der Waals surface area contributed by atoms with Crippen LogP contribution in [0.25, 0.3) is 0 Å². The molecule has 0 aliphatic carbocycles. The van der Waals surface area contributed by atoms with Gasteiger partial charge in [0.15, 0.2) is 0 Å². The topological polar surface area (TPSA) is 38.5 Å². The second-order valence-electron chi connectivity index (χ2n) is 5.22. The minimum absolute atomic E-state index is 0.228. The van der Waals surface area contributed by atoms with E-state index in [1.807, 2.05) is 0 Å². The number of hydrogen-bond acceptors (Lipinski definition) is 3. The van der Waals surface area contributed by atoms with Crippen LogP contribution in [0.1, 0.15) is 27.2 Å². The standard InChI is InChI=1S/C11H24N2O/c1-11(2,3)10(12)4-5-13-6-8-14-9-7-13/h10H,4-9,12H2,1-3H3.